The second kappa shape index (κ2) is 4.06. The SMILES string of the molecule is CC(C)(CO)CSC1CSC1. The maximum Gasteiger partial charge on any atom is 0.0490 e. The molecule has 1 saturated heterocycles. The number of rotatable bonds is 4. The van der Waals surface area contributed by atoms with Crippen molar-refractivity contribution in [3.63, 3.8) is 0 Å². The molecule has 0 radical (unpaired) electrons. The largest absolute Gasteiger partial charge is 0.396 e. The summed E-state index contributed by atoms with van der Waals surface area (Å²) in [5.41, 5.74) is 0.116. The first-order chi connectivity index (χ1) is 5.14. The minimum Gasteiger partial charge on any atom is -0.396 e. The molecular formula is C8H16OS2. The van der Waals surface area contributed by atoms with Gasteiger partial charge in [-0.1, -0.05) is 13.8 Å². The highest BCUT2D eigenvalue weighted by atomic mass is 32.2. The summed E-state index contributed by atoms with van der Waals surface area (Å²) in [4.78, 5) is 0. The van der Waals surface area contributed by atoms with Gasteiger partial charge < -0.3 is 5.11 Å². The maximum atomic E-state index is 8.98. The van der Waals surface area contributed by atoms with Gasteiger partial charge in [-0.2, -0.15) is 23.5 Å². The van der Waals surface area contributed by atoms with E-state index in [0.717, 1.165) is 11.0 Å². The summed E-state index contributed by atoms with van der Waals surface area (Å²) in [5, 5.41) is 9.85. The summed E-state index contributed by atoms with van der Waals surface area (Å²) in [5.74, 6) is 3.72. The van der Waals surface area contributed by atoms with Gasteiger partial charge in [-0.15, -0.1) is 0 Å². The number of aliphatic hydroxyl groups is 1. The van der Waals surface area contributed by atoms with Gasteiger partial charge in [0.25, 0.3) is 0 Å². The summed E-state index contributed by atoms with van der Waals surface area (Å²) >= 11 is 4.03. The molecule has 1 aliphatic rings. The first-order valence-corrected chi connectivity index (χ1v) is 6.15. The lowest BCUT2D eigenvalue weighted by molar-refractivity contribution is 0.180. The molecule has 0 bridgehead atoms. The lowest BCUT2D eigenvalue weighted by Crippen LogP contribution is -2.26. The molecule has 0 atom stereocenters. The Hall–Kier alpha value is 0.660. The van der Waals surface area contributed by atoms with E-state index in [1.807, 2.05) is 23.5 Å². The Balaban J connectivity index is 2.09. The molecule has 1 N–H and O–H groups in total. The predicted molar refractivity (Wildman–Crippen MR) is 54.4 cm³/mol. The van der Waals surface area contributed by atoms with Gasteiger partial charge in [0, 0.05) is 29.1 Å². The second-order valence-electron chi connectivity index (χ2n) is 3.79. The lowest BCUT2D eigenvalue weighted by Gasteiger charge is -2.28. The molecule has 1 heterocycles. The van der Waals surface area contributed by atoms with Crippen LogP contribution in [-0.4, -0.2) is 34.2 Å². The minimum atomic E-state index is 0.116. The van der Waals surface area contributed by atoms with Crippen LogP contribution < -0.4 is 0 Å². The van der Waals surface area contributed by atoms with Crippen molar-refractivity contribution in [1.29, 1.82) is 0 Å². The Morgan fingerprint density at radius 1 is 1.55 bits per heavy atom. The van der Waals surface area contributed by atoms with Crippen molar-refractivity contribution >= 4 is 23.5 Å². The Morgan fingerprint density at radius 3 is 2.55 bits per heavy atom. The normalized spacial score (nSPS) is 19.9. The first kappa shape index (κ1) is 9.75. The van der Waals surface area contributed by atoms with E-state index in [1.165, 1.54) is 11.5 Å². The molecule has 0 aromatic heterocycles. The zero-order valence-corrected chi connectivity index (χ0v) is 8.80. The molecule has 1 aliphatic heterocycles. The van der Waals surface area contributed by atoms with Crippen LogP contribution in [0, 0.1) is 5.41 Å². The molecule has 11 heavy (non-hydrogen) atoms. The van der Waals surface area contributed by atoms with Crippen molar-refractivity contribution < 1.29 is 5.11 Å². The maximum absolute atomic E-state index is 8.98. The zero-order chi connectivity index (χ0) is 8.32. The van der Waals surface area contributed by atoms with Crippen LogP contribution in [-0.2, 0) is 0 Å². The molecule has 0 saturated carbocycles. The fraction of sp³-hybridized carbons (Fsp3) is 1.00. The van der Waals surface area contributed by atoms with Gasteiger partial charge in [-0.3, -0.25) is 0 Å². The third kappa shape index (κ3) is 3.26. The molecule has 0 amide bonds. The second-order valence-corrected chi connectivity index (χ2v) is 6.16. The molecule has 1 nitrogen and oxygen atoms in total. The third-order valence-corrected chi connectivity index (χ3v) is 5.20. The lowest BCUT2D eigenvalue weighted by atomic mass is 9.98. The van der Waals surface area contributed by atoms with Crippen molar-refractivity contribution in [3.05, 3.63) is 0 Å². The first-order valence-electron chi connectivity index (χ1n) is 3.94. The van der Waals surface area contributed by atoms with Crippen molar-refractivity contribution in [2.45, 2.75) is 19.1 Å². The Labute approximate surface area is 77.3 Å². The summed E-state index contributed by atoms with van der Waals surface area (Å²) < 4.78 is 0. The predicted octanol–water partition coefficient (Wildman–Crippen LogP) is 1.85. The van der Waals surface area contributed by atoms with Crippen molar-refractivity contribution in [2.75, 3.05) is 23.9 Å². The fourth-order valence-electron chi connectivity index (χ4n) is 0.699. The van der Waals surface area contributed by atoms with E-state index in [0.29, 0.717) is 6.61 Å². The summed E-state index contributed by atoms with van der Waals surface area (Å²) in [6, 6.07) is 0. The summed E-state index contributed by atoms with van der Waals surface area (Å²) in [6.07, 6.45) is 0. The van der Waals surface area contributed by atoms with Crippen molar-refractivity contribution in [2.24, 2.45) is 5.41 Å². The van der Waals surface area contributed by atoms with E-state index >= 15 is 0 Å². The number of hydrogen-bond acceptors (Lipinski definition) is 3. The van der Waals surface area contributed by atoms with Crippen LogP contribution in [0.2, 0.25) is 0 Å². The topological polar surface area (TPSA) is 20.2 Å². The highest BCUT2D eigenvalue weighted by Gasteiger charge is 2.23. The zero-order valence-electron chi connectivity index (χ0n) is 7.17. The monoisotopic (exact) mass is 192 g/mol. The van der Waals surface area contributed by atoms with Crippen LogP contribution >= 0.6 is 23.5 Å². The molecule has 0 aliphatic carbocycles. The molecule has 0 aromatic carbocycles. The van der Waals surface area contributed by atoms with Gasteiger partial charge in [0.15, 0.2) is 0 Å². The van der Waals surface area contributed by atoms with E-state index in [-0.39, 0.29) is 5.41 Å². The third-order valence-electron chi connectivity index (χ3n) is 1.75. The van der Waals surface area contributed by atoms with E-state index in [4.69, 9.17) is 5.11 Å². The highest BCUT2D eigenvalue weighted by molar-refractivity contribution is 8.07. The van der Waals surface area contributed by atoms with E-state index in [1.54, 1.807) is 0 Å². The van der Waals surface area contributed by atoms with Gasteiger partial charge >= 0.3 is 0 Å². The van der Waals surface area contributed by atoms with Crippen LogP contribution in [0.1, 0.15) is 13.8 Å². The van der Waals surface area contributed by atoms with Crippen LogP contribution in [0.25, 0.3) is 0 Å². The van der Waals surface area contributed by atoms with Crippen molar-refractivity contribution in [1.82, 2.24) is 0 Å². The minimum absolute atomic E-state index is 0.116. The van der Waals surface area contributed by atoms with Gasteiger partial charge in [0.2, 0.25) is 0 Å². The highest BCUT2D eigenvalue weighted by Crippen LogP contribution is 2.33. The average molecular weight is 192 g/mol. The molecular weight excluding hydrogens is 176 g/mol. The van der Waals surface area contributed by atoms with Crippen LogP contribution in [0.15, 0.2) is 0 Å². The Morgan fingerprint density at radius 2 is 2.18 bits per heavy atom. The summed E-state index contributed by atoms with van der Waals surface area (Å²) in [6.45, 7) is 4.54. The molecule has 1 rings (SSSR count). The molecule has 66 valence electrons. The number of aliphatic hydroxyl groups excluding tert-OH is 1. The standard InChI is InChI=1S/C8H16OS2/c1-8(2,5-9)6-11-7-3-10-4-7/h7,9H,3-6H2,1-2H3. The van der Waals surface area contributed by atoms with Crippen LogP contribution in [0.4, 0.5) is 0 Å². The van der Waals surface area contributed by atoms with E-state index in [2.05, 4.69) is 13.8 Å². The van der Waals surface area contributed by atoms with Gasteiger partial charge in [-0.25, -0.2) is 0 Å². The van der Waals surface area contributed by atoms with Gasteiger partial charge in [-0.05, 0) is 5.41 Å². The molecule has 1 fully saturated rings. The molecule has 0 spiro atoms. The molecule has 0 unspecified atom stereocenters. The summed E-state index contributed by atoms with van der Waals surface area (Å²) in [7, 11) is 0. The molecule has 3 heteroatoms. The number of hydrogen-bond donors (Lipinski definition) is 1. The van der Waals surface area contributed by atoms with E-state index < -0.39 is 0 Å². The quantitative estimate of drug-likeness (QED) is 0.734. The van der Waals surface area contributed by atoms with E-state index in [9.17, 15) is 0 Å². The Kier molecular flexibility index (Phi) is 3.59. The van der Waals surface area contributed by atoms with Crippen molar-refractivity contribution in [3.8, 4) is 0 Å². The van der Waals surface area contributed by atoms with Gasteiger partial charge in [0.05, 0.1) is 0 Å². The van der Waals surface area contributed by atoms with Crippen LogP contribution in [0.5, 0.6) is 0 Å². The molecule has 0 aromatic rings. The smallest absolute Gasteiger partial charge is 0.0490 e. The number of thioether (sulfide) groups is 2. The van der Waals surface area contributed by atoms with Crippen LogP contribution in [0.3, 0.4) is 0 Å². The Bertz CT molecular complexity index is 121. The average Bonchev–Trinajstić information content (AvgIpc) is 1.84. The fourth-order valence-corrected chi connectivity index (χ4v) is 3.25. The van der Waals surface area contributed by atoms with Gasteiger partial charge in [0.1, 0.15) is 0 Å².